The van der Waals surface area contributed by atoms with Crippen molar-refractivity contribution in [2.75, 3.05) is 11.5 Å². The average Bonchev–Trinajstić information content (AvgIpc) is 2.74. The molecule has 0 spiro atoms. The Morgan fingerprint density at radius 3 is 2.28 bits per heavy atom. The number of hydrogen-bond donors (Lipinski definition) is 2. The molecule has 2 heterocycles. The van der Waals surface area contributed by atoms with Crippen molar-refractivity contribution in [1.82, 2.24) is 15.0 Å². The van der Waals surface area contributed by atoms with Gasteiger partial charge in [-0.2, -0.15) is 5.26 Å². The fourth-order valence-corrected chi connectivity index (χ4v) is 2.95. The van der Waals surface area contributed by atoms with Crippen LogP contribution in [0.5, 0.6) is 0 Å². The van der Waals surface area contributed by atoms with Gasteiger partial charge in [0.25, 0.3) is 0 Å². The first-order valence-corrected chi connectivity index (χ1v) is 8.93. The van der Waals surface area contributed by atoms with Crippen LogP contribution in [0.15, 0.2) is 61.1 Å². The quantitative estimate of drug-likeness (QED) is 0.536. The highest BCUT2D eigenvalue weighted by molar-refractivity contribution is 5.96. The van der Waals surface area contributed by atoms with Gasteiger partial charge in [-0.25, -0.2) is 14.4 Å². The normalized spacial score (nSPS) is 10.1. The Morgan fingerprint density at radius 1 is 1.00 bits per heavy atom. The predicted molar refractivity (Wildman–Crippen MR) is 112 cm³/mol. The molecule has 0 saturated heterocycles. The van der Waals surface area contributed by atoms with Crippen LogP contribution in [0, 0.1) is 17.1 Å². The molecule has 6 nitrogen and oxygen atoms in total. The van der Waals surface area contributed by atoms with Crippen LogP contribution in [0.1, 0.15) is 18.1 Å². The monoisotopic (exact) mass is 386 g/mol. The summed E-state index contributed by atoms with van der Waals surface area (Å²) in [6.45, 7) is 2.11. The molecule has 0 aliphatic heterocycles. The third-order valence-electron chi connectivity index (χ3n) is 4.37. The number of benzene rings is 2. The van der Waals surface area contributed by atoms with E-state index in [0.717, 1.165) is 22.9 Å². The summed E-state index contributed by atoms with van der Waals surface area (Å²) in [7, 11) is 0. The third-order valence-corrected chi connectivity index (χ3v) is 4.37. The molecule has 144 valence electrons. The maximum Gasteiger partial charge on any atom is 0.146 e. The number of rotatable bonds is 2. The molecule has 0 unspecified atom stereocenters. The summed E-state index contributed by atoms with van der Waals surface area (Å²) in [5, 5.41) is 9.42. The number of nitrogens with two attached hydrogens (primary N) is 2. The van der Waals surface area contributed by atoms with Crippen molar-refractivity contribution in [2.45, 2.75) is 13.3 Å². The maximum absolute atomic E-state index is 13.3. The Balaban J connectivity index is 0.000000204. The Labute approximate surface area is 167 Å². The summed E-state index contributed by atoms with van der Waals surface area (Å²) in [6, 6.07) is 16.8. The summed E-state index contributed by atoms with van der Waals surface area (Å²) in [6.07, 6.45) is 3.97. The van der Waals surface area contributed by atoms with Crippen molar-refractivity contribution < 1.29 is 4.39 Å². The van der Waals surface area contributed by atoms with Crippen molar-refractivity contribution in [3.05, 3.63) is 78.0 Å². The molecule has 0 aliphatic carbocycles. The number of halogens is 1. The lowest BCUT2D eigenvalue weighted by atomic mass is 9.95. The Kier molecular flexibility index (Phi) is 5.95. The van der Waals surface area contributed by atoms with Crippen LogP contribution in [0.4, 0.5) is 16.0 Å². The lowest BCUT2D eigenvalue weighted by Crippen LogP contribution is -2.01. The number of hydrogen-bond acceptors (Lipinski definition) is 6. The van der Waals surface area contributed by atoms with E-state index in [2.05, 4.69) is 34.0 Å². The number of anilines is 2. The fraction of sp³-hybridized carbons (Fsp3) is 0.0909. The Bertz CT molecular complexity index is 1170. The summed E-state index contributed by atoms with van der Waals surface area (Å²) >= 11 is 0. The molecule has 0 bridgehead atoms. The van der Waals surface area contributed by atoms with Crippen LogP contribution in [-0.2, 0) is 6.42 Å². The number of nitriles is 1. The molecule has 0 aliphatic rings. The zero-order valence-corrected chi connectivity index (χ0v) is 15.8. The van der Waals surface area contributed by atoms with Gasteiger partial charge in [-0.05, 0) is 35.2 Å². The van der Waals surface area contributed by atoms with Crippen LogP contribution in [-0.4, -0.2) is 15.0 Å². The first-order chi connectivity index (χ1) is 14.0. The van der Waals surface area contributed by atoms with E-state index in [1.54, 1.807) is 6.07 Å². The highest BCUT2D eigenvalue weighted by atomic mass is 19.1. The number of aryl methyl sites for hydroxylation is 1. The van der Waals surface area contributed by atoms with Gasteiger partial charge < -0.3 is 11.5 Å². The molecule has 2 aromatic heterocycles. The second kappa shape index (κ2) is 8.76. The molecule has 0 radical (unpaired) electrons. The lowest BCUT2D eigenvalue weighted by molar-refractivity contribution is 0.629. The van der Waals surface area contributed by atoms with Gasteiger partial charge in [0.1, 0.15) is 35.4 Å². The third kappa shape index (κ3) is 4.28. The molecule has 4 N–H and O–H groups in total. The summed E-state index contributed by atoms with van der Waals surface area (Å²) in [5.41, 5.74) is 14.9. The van der Waals surface area contributed by atoms with Crippen molar-refractivity contribution in [2.24, 2.45) is 0 Å². The van der Waals surface area contributed by atoms with Crippen LogP contribution < -0.4 is 11.5 Å². The van der Waals surface area contributed by atoms with E-state index in [-0.39, 0.29) is 23.0 Å². The van der Waals surface area contributed by atoms with Gasteiger partial charge in [-0.1, -0.05) is 37.3 Å². The van der Waals surface area contributed by atoms with Crippen molar-refractivity contribution in [3.63, 3.8) is 0 Å². The average molecular weight is 386 g/mol. The molecule has 0 saturated carbocycles. The van der Waals surface area contributed by atoms with E-state index in [1.165, 1.54) is 24.0 Å². The molecule has 4 aromatic rings. The van der Waals surface area contributed by atoms with Gasteiger partial charge in [0, 0.05) is 17.6 Å². The van der Waals surface area contributed by atoms with E-state index in [9.17, 15) is 4.39 Å². The summed E-state index contributed by atoms with van der Waals surface area (Å²) < 4.78 is 13.3. The first kappa shape index (κ1) is 19.7. The predicted octanol–water partition coefficient (Wildman–Crippen LogP) is 4.12. The highest BCUT2D eigenvalue weighted by Gasteiger charge is 2.10. The molecule has 7 heteroatoms. The zero-order chi connectivity index (χ0) is 20.8. The smallest absolute Gasteiger partial charge is 0.146 e. The molecule has 0 amide bonds. The molecular weight excluding hydrogens is 367 g/mol. The number of fused-ring (bicyclic) bond motifs is 1. The summed E-state index contributed by atoms with van der Waals surface area (Å²) in [4.78, 5) is 11.5. The first-order valence-electron chi connectivity index (χ1n) is 8.93. The van der Waals surface area contributed by atoms with E-state index in [0.29, 0.717) is 5.52 Å². The van der Waals surface area contributed by atoms with E-state index in [1.807, 2.05) is 30.5 Å². The molecule has 2 aromatic carbocycles. The minimum Gasteiger partial charge on any atom is -0.382 e. The lowest BCUT2D eigenvalue weighted by Gasteiger charge is -2.11. The second-order valence-corrected chi connectivity index (χ2v) is 6.17. The van der Waals surface area contributed by atoms with Gasteiger partial charge >= 0.3 is 0 Å². The van der Waals surface area contributed by atoms with Crippen molar-refractivity contribution in [3.8, 4) is 17.2 Å². The van der Waals surface area contributed by atoms with Crippen LogP contribution >= 0.6 is 0 Å². The highest BCUT2D eigenvalue weighted by Crippen LogP contribution is 2.31. The standard InChI is InChI=1S/C17H14FN.C5H5N5/c1-2-12-11-19-16-10-14(18)8-9-15(16)17(12)13-6-4-3-5-7-13;6-1-3-4(7)9-2-10-5(3)8/h3-11H,2H2,1H3;2H,(H4,7,8,9,10). The van der Waals surface area contributed by atoms with Gasteiger partial charge in [0.05, 0.1) is 5.52 Å². The molecule has 4 rings (SSSR count). The minimum absolute atomic E-state index is 0.120. The molecule has 29 heavy (non-hydrogen) atoms. The van der Waals surface area contributed by atoms with E-state index in [4.69, 9.17) is 16.7 Å². The van der Waals surface area contributed by atoms with Gasteiger partial charge in [-0.3, -0.25) is 4.98 Å². The number of nitrogens with zero attached hydrogens (tertiary/aromatic N) is 4. The van der Waals surface area contributed by atoms with E-state index < -0.39 is 0 Å². The number of aromatic nitrogens is 3. The molecule has 0 fully saturated rings. The summed E-state index contributed by atoms with van der Waals surface area (Å²) in [5.74, 6) is -0.00624. The number of nitrogen functional groups attached to an aromatic ring is 2. The van der Waals surface area contributed by atoms with Crippen LogP contribution in [0.25, 0.3) is 22.0 Å². The molecule has 0 atom stereocenters. The van der Waals surface area contributed by atoms with E-state index >= 15 is 0 Å². The second-order valence-electron chi connectivity index (χ2n) is 6.17. The van der Waals surface area contributed by atoms with Gasteiger partial charge in [0.15, 0.2) is 0 Å². The van der Waals surface area contributed by atoms with Gasteiger partial charge in [-0.15, -0.1) is 0 Å². The van der Waals surface area contributed by atoms with Gasteiger partial charge in [0.2, 0.25) is 0 Å². The van der Waals surface area contributed by atoms with Crippen molar-refractivity contribution in [1.29, 1.82) is 5.26 Å². The zero-order valence-electron chi connectivity index (χ0n) is 15.8. The largest absolute Gasteiger partial charge is 0.382 e. The Hall–Kier alpha value is -4.05. The SMILES string of the molecule is CCc1cnc2cc(F)ccc2c1-c1ccccc1.N#Cc1c(N)ncnc1N. The topological polar surface area (TPSA) is 114 Å². The fourth-order valence-electron chi connectivity index (χ4n) is 2.95. The van der Waals surface area contributed by atoms with Crippen LogP contribution in [0.3, 0.4) is 0 Å². The van der Waals surface area contributed by atoms with Crippen molar-refractivity contribution >= 4 is 22.5 Å². The van der Waals surface area contributed by atoms with Crippen LogP contribution in [0.2, 0.25) is 0 Å². The number of pyridine rings is 1. The molecular formula is C22H19FN6. The maximum atomic E-state index is 13.3. The minimum atomic E-state index is -0.247. The Morgan fingerprint density at radius 2 is 1.69 bits per heavy atom.